The SMILES string of the molecule is N[C@]1(C2CCCCC2)CC[C@H](Oc2cc3cc[nH]c(=O)c3cc2Cl)CC1. The number of nitrogens with two attached hydrogens (primary N) is 1. The van der Waals surface area contributed by atoms with E-state index in [0.29, 0.717) is 22.1 Å². The molecule has 0 spiro atoms. The third kappa shape index (κ3) is 3.49. The molecule has 26 heavy (non-hydrogen) atoms. The van der Waals surface area contributed by atoms with Crippen molar-refractivity contribution in [3.05, 3.63) is 39.8 Å². The molecule has 2 aromatic rings. The first kappa shape index (κ1) is 17.9. The molecule has 3 N–H and O–H groups in total. The molecule has 2 aliphatic rings. The highest BCUT2D eigenvalue weighted by Crippen LogP contribution is 2.41. The van der Waals surface area contributed by atoms with Gasteiger partial charge in [-0.1, -0.05) is 30.9 Å². The summed E-state index contributed by atoms with van der Waals surface area (Å²) in [5.41, 5.74) is 6.65. The van der Waals surface area contributed by atoms with Crippen LogP contribution < -0.4 is 16.0 Å². The lowest BCUT2D eigenvalue weighted by Crippen LogP contribution is -2.51. The number of pyridine rings is 1. The van der Waals surface area contributed by atoms with Crippen LogP contribution in [0.25, 0.3) is 10.8 Å². The summed E-state index contributed by atoms with van der Waals surface area (Å²) in [4.78, 5) is 14.6. The number of fused-ring (bicyclic) bond motifs is 1. The molecule has 4 nitrogen and oxygen atoms in total. The maximum absolute atomic E-state index is 11.9. The van der Waals surface area contributed by atoms with E-state index in [0.717, 1.165) is 31.1 Å². The van der Waals surface area contributed by atoms with Crippen molar-refractivity contribution in [2.24, 2.45) is 11.7 Å². The fourth-order valence-electron chi connectivity index (χ4n) is 4.79. The molecule has 1 heterocycles. The summed E-state index contributed by atoms with van der Waals surface area (Å²) in [6.45, 7) is 0. The van der Waals surface area contributed by atoms with Gasteiger partial charge in [0.1, 0.15) is 5.75 Å². The Hall–Kier alpha value is -1.52. The Labute approximate surface area is 159 Å². The van der Waals surface area contributed by atoms with Gasteiger partial charge in [0.15, 0.2) is 0 Å². The van der Waals surface area contributed by atoms with Crippen LogP contribution in [0, 0.1) is 5.92 Å². The van der Waals surface area contributed by atoms with Crippen molar-refractivity contribution < 1.29 is 4.74 Å². The van der Waals surface area contributed by atoms with Crippen LogP contribution in [0.1, 0.15) is 57.8 Å². The fourth-order valence-corrected chi connectivity index (χ4v) is 5.00. The van der Waals surface area contributed by atoms with Crippen molar-refractivity contribution in [1.29, 1.82) is 0 Å². The number of hydrogen-bond donors (Lipinski definition) is 2. The van der Waals surface area contributed by atoms with Crippen LogP contribution in [-0.4, -0.2) is 16.6 Å². The predicted molar refractivity (Wildman–Crippen MR) is 106 cm³/mol. The Morgan fingerprint density at radius 2 is 1.85 bits per heavy atom. The van der Waals surface area contributed by atoms with Gasteiger partial charge in [-0.15, -0.1) is 0 Å². The number of ether oxygens (including phenoxy) is 1. The van der Waals surface area contributed by atoms with Crippen LogP contribution in [0.4, 0.5) is 0 Å². The monoisotopic (exact) mass is 374 g/mol. The van der Waals surface area contributed by atoms with E-state index in [-0.39, 0.29) is 17.2 Å². The largest absolute Gasteiger partial charge is 0.489 e. The normalized spacial score (nSPS) is 27.5. The lowest BCUT2D eigenvalue weighted by atomic mass is 9.67. The zero-order chi connectivity index (χ0) is 18.1. The smallest absolute Gasteiger partial charge is 0.255 e. The highest BCUT2D eigenvalue weighted by Gasteiger charge is 2.39. The van der Waals surface area contributed by atoms with Crippen molar-refractivity contribution in [3.8, 4) is 5.75 Å². The van der Waals surface area contributed by atoms with E-state index in [4.69, 9.17) is 22.1 Å². The quantitative estimate of drug-likeness (QED) is 0.812. The number of aromatic nitrogens is 1. The molecule has 4 rings (SSSR count). The topological polar surface area (TPSA) is 68.1 Å². The van der Waals surface area contributed by atoms with Crippen LogP contribution in [0.3, 0.4) is 0 Å². The van der Waals surface area contributed by atoms with Crippen LogP contribution in [0.5, 0.6) is 5.75 Å². The molecule has 0 atom stereocenters. The van der Waals surface area contributed by atoms with Gasteiger partial charge < -0.3 is 15.5 Å². The van der Waals surface area contributed by atoms with Gasteiger partial charge in [0.25, 0.3) is 5.56 Å². The zero-order valence-electron chi connectivity index (χ0n) is 15.1. The maximum Gasteiger partial charge on any atom is 0.255 e. The van der Waals surface area contributed by atoms with E-state index in [1.54, 1.807) is 12.3 Å². The summed E-state index contributed by atoms with van der Waals surface area (Å²) in [5.74, 6) is 1.34. The summed E-state index contributed by atoms with van der Waals surface area (Å²) in [6.07, 6.45) is 12.4. The number of rotatable bonds is 3. The van der Waals surface area contributed by atoms with Crippen LogP contribution in [-0.2, 0) is 0 Å². The predicted octanol–water partition coefficient (Wildman–Crippen LogP) is 4.78. The van der Waals surface area contributed by atoms with E-state index in [1.807, 2.05) is 12.1 Å². The highest BCUT2D eigenvalue weighted by molar-refractivity contribution is 6.32. The highest BCUT2D eigenvalue weighted by atomic mass is 35.5. The average molecular weight is 375 g/mol. The first-order chi connectivity index (χ1) is 12.5. The lowest BCUT2D eigenvalue weighted by molar-refractivity contribution is 0.0785. The molecular weight excluding hydrogens is 348 g/mol. The van der Waals surface area contributed by atoms with Crippen molar-refractivity contribution in [3.63, 3.8) is 0 Å². The molecule has 0 amide bonds. The molecule has 0 unspecified atom stereocenters. The van der Waals surface area contributed by atoms with E-state index in [9.17, 15) is 4.79 Å². The van der Waals surface area contributed by atoms with E-state index < -0.39 is 0 Å². The Morgan fingerprint density at radius 3 is 2.58 bits per heavy atom. The number of aromatic amines is 1. The Balaban J connectivity index is 1.45. The minimum absolute atomic E-state index is 0.0131. The van der Waals surface area contributed by atoms with Gasteiger partial charge in [-0.3, -0.25) is 4.79 Å². The lowest BCUT2D eigenvalue weighted by Gasteiger charge is -2.44. The molecule has 2 aliphatic carbocycles. The maximum atomic E-state index is 11.9. The molecule has 0 bridgehead atoms. The molecule has 0 saturated heterocycles. The third-order valence-electron chi connectivity index (χ3n) is 6.40. The van der Waals surface area contributed by atoms with Gasteiger partial charge >= 0.3 is 0 Å². The fraction of sp³-hybridized carbons (Fsp3) is 0.571. The Bertz CT molecular complexity index is 834. The van der Waals surface area contributed by atoms with E-state index in [1.165, 1.54) is 32.1 Å². The molecule has 1 aromatic carbocycles. The molecule has 2 saturated carbocycles. The van der Waals surface area contributed by atoms with Gasteiger partial charge in [-0.25, -0.2) is 0 Å². The van der Waals surface area contributed by atoms with Gasteiger partial charge in [-0.2, -0.15) is 0 Å². The Kier molecular flexibility index (Phi) is 4.98. The van der Waals surface area contributed by atoms with Crippen molar-refractivity contribution in [2.75, 3.05) is 0 Å². The molecule has 0 aliphatic heterocycles. The summed E-state index contributed by atoms with van der Waals surface area (Å²) in [6, 6.07) is 5.44. The van der Waals surface area contributed by atoms with Gasteiger partial charge in [-0.05, 0) is 68.0 Å². The molecule has 0 radical (unpaired) electrons. The zero-order valence-corrected chi connectivity index (χ0v) is 15.9. The van der Waals surface area contributed by atoms with Crippen molar-refractivity contribution in [1.82, 2.24) is 4.98 Å². The van der Waals surface area contributed by atoms with Crippen LogP contribution >= 0.6 is 11.6 Å². The number of H-pyrrole nitrogens is 1. The molecular formula is C21H27ClN2O2. The second-order valence-electron chi connectivity index (χ2n) is 8.06. The second kappa shape index (κ2) is 7.24. The summed E-state index contributed by atoms with van der Waals surface area (Å²) < 4.78 is 6.21. The number of hydrogen-bond acceptors (Lipinski definition) is 3. The first-order valence-corrected chi connectivity index (χ1v) is 10.2. The molecule has 2 fully saturated rings. The molecule has 5 heteroatoms. The van der Waals surface area contributed by atoms with Gasteiger partial charge in [0, 0.05) is 17.1 Å². The number of benzene rings is 1. The van der Waals surface area contributed by atoms with Gasteiger partial charge in [0.2, 0.25) is 0 Å². The minimum atomic E-state index is -0.131. The molecule has 140 valence electrons. The van der Waals surface area contributed by atoms with Crippen molar-refractivity contribution in [2.45, 2.75) is 69.4 Å². The van der Waals surface area contributed by atoms with Gasteiger partial charge in [0.05, 0.1) is 11.1 Å². The number of nitrogens with one attached hydrogen (secondary N) is 1. The van der Waals surface area contributed by atoms with Crippen LogP contribution in [0.15, 0.2) is 29.2 Å². The molecule has 1 aromatic heterocycles. The first-order valence-electron chi connectivity index (χ1n) is 9.82. The van der Waals surface area contributed by atoms with Crippen LogP contribution in [0.2, 0.25) is 5.02 Å². The number of halogens is 1. The summed E-state index contributed by atoms with van der Waals surface area (Å²) >= 11 is 6.37. The summed E-state index contributed by atoms with van der Waals surface area (Å²) in [5, 5.41) is 1.93. The Morgan fingerprint density at radius 1 is 1.12 bits per heavy atom. The third-order valence-corrected chi connectivity index (χ3v) is 6.70. The van der Waals surface area contributed by atoms with E-state index in [2.05, 4.69) is 4.98 Å². The minimum Gasteiger partial charge on any atom is -0.489 e. The second-order valence-corrected chi connectivity index (χ2v) is 8.47. The standard InChI is InChI=1S/C21H27ClN2O2/c22-18-13-17-14(8-11-24-20(17)25)12-19(18)26-16-6-9-21(23,10-7-16)15-4-2-1-3-5-15/h8,11-13,15-16H,1-7,9-10,23H2,(H,24,25)/t16-,21+. The average Bonchev–Trinajstić information content (AvgIpc) is 2.66. The van der Waals surface area contributed by atoms with E-state index >= 15 is 0 Å². The summed E-state index contributed by atoms with van der Waals surface area (Å²) in [7, 11) is 0. The van der Waals surface area contributed by atoms with Crippen molar-refractivity contribution >= 4 is 22.4 Å².